The van der Waals surface area contributed by atoms with Crippen LogP contribution in [-0.2, 0) is 4.79 Å². The van der Waals surface area contributed by atoms with Crippen LogP contribution in [0.15, 0.2) is 22.7 Å². The number of nitrogens with zero attached hydrogens (tertiary/aromatic N) is 2. The van der Waals surface area contributed by atoms with Crippen LogP contribution in [0.25, 0.3) is 0 Å². The van der Waals surface area contributed by atoms with Crippen molar-refractivity contribution in [2.45, 2.75) is 57.5 Å². The number of hydrogen-bond donors (Lipinski definition) is 0. The molecule has 4 nitrogen and oxygen atoms in total. The van der Waals surface area contributed by atoms with Crippen LogP contribution in [0.5, 0.6) is 0 Å². The van der Waals surface area contributed by atoms with Gasteiger partial charge in [-0.15, -0.1) is 0 Å². The minimum Gasteiger partial charge on any atom is -0.270 e. The molecular weight excluding hydrogens is 411 g/mol. The van der Waals surface area contributed by atoms with Gasteiger partial charge in [0, 0.05) is 4.47 Å². The quantitative estimate of drug-likeness (QED) is 0.692. The highest BCUT2D eigenvalue weighted by Crippen LogP contribution is 2.57. The van der Waals surface area contributed by atoms with Gasteiger partial charge < -0.3 is 0 Å². The summed E-state index contributed by atoms with van der Waals surface area (Å²) in [5, 5.41) is 3.34. The van der Waals surface area contributed by atoms with E-state index in [1.54, 1.807) is 29.9 Å². The average molecular weight is 435 g/mol. The highest BCUT2D eigenvalue weighted by atomic mass is 79.9. The summed E-state index contributed by atoms with van der Waals surface area (Å²) in [6, 6.07) is 4.24. The van der Waals surface area contributed by atoms with Crippen molar-refractivity contribution in [2.24, 2.45) is 23.7 Å². The van der Waals surface area contributed by atoms with Crippen molar-refractivity contribution in [3.63, 3.8) is 0 Å². The summed E-state index contributed by atoms with van der Waals surface area (Å²) in [7, 11) is 0. The van der Waals surface area contributed by atoms with Crippen LogP contribution in [0.3, 0.4) is 0 Å². The lowest BCUT2D eigenvalue weighted by Gasteiger charge is -2.65. The third kappa shape index (κ3) is 2.44. The van der Waals surface area contributed by atoms with E-state index in [1.807, 2.05) is 0 Å². The van der Waals surface area contributed by atoms with Gasteiger partial charge in [0.25, 0.3) is 11.8 Å². The Hall–Kier alpha value is -1.43. The van der Waals surface area contributed by atoms with Crippen molar-refractivity contribution in [1.29, 1.82) is 0 Å². The first-order valence-corrected chi connectivity index (χ1v) is 10.7. The molecule has 0 aromatic heterocycles. The van der Waals surface area contributed by atoms with E-state index < -0.39 is 11.4 Å². The number of rotatable bonds is 2. The van der Waals surface area contributed by atoms with Crippen LogP contribution in [0, 0.1) is 29.5 Å². The molecule has 0 unspecified atom stereocenters. The van der Waals surface area contributed by atoms with E-state index in [1.165, 1.54) is 44.2 Å². The number of carbonyl (C=O) groups excluding carboxylic acids is 2. The fourth-order valence-electron chi connectivity index (χ4n) is 6.38. The van der Waals surface area contributed by atoms with Gasteiger partial charge in [0.2, 0.25) is 0 Å². The van der Waals surface area contributed by atoms with E-state index in [0.717, 1.165) is 11.8 Å². The highest BCUT2D eigenvalue weighted by molar-refractivity contribution is 9.10. The Kier molecular flexibility index (Phi) is 3.78. The first-order valence-electron chi connectivity index (χ1n) is 9.90. The van der Waals surface area contributed by atoms with Crippen molar-refractivity contribution in [1.82, 2.24) is 10.0 Å². The van der Waals surface area contributed by atoms with E-state index >= 15 is 0 Å². The number of carbonyl (C=O) groups is 2. The molecule has 5 fully saturated rings. The van der Waals surface area contributed by atoms with Gasteiger partial charge in [-0.05, 0) is 104 Å². The maximum Gasteiger partial charge on any atom is 0.274 e. The molecule has 1 saturated heterocycles. The standard InChI is InChI=1S/C21H24BrFN2O2/c1-21(2)20(27)24(18-13-6-11-5-12(8-13)9-14(18)7-11)25(21)19(26)16-10-15(23)3-4-17(16)22/h3-4,10-14,18H,5-9H2,1-2H3. The van der Waals surface area contributed by atoms with Crippen LogP contribution in [-0.4, -0.2) is 33.4 Å². The van der Waals surface area contributed by atoms with Crippen LogP contribution >= 0.6 is 15.9 Å². The molecule has 4 bridgehead atoms. The number of hydrazine groups is 1. The van der Waals surface area contributed by atoms with E-state index in [9.17, 15) is 14.0 Å². The Balaban J connectivity index is 1.50. The van der Waals surface area contributed by atoms with E-state index in [0.29, 0.717) is 16.3 Å². The fourth-order valence-corrected chi connectivity index (χ4v) is 6.79. The van der Waals surface area contributed by atoms with Gasteiger partial charge in [0.05, 0.1) is 11.6 Å². The summed E-state index contributed by atoms with van der Waals surface area (Å²) in [6.07, 6.45) is 6.04. The molecule has 0 spiro atoms. The molecule has 4 aliphatic carbocycles. The van der Waals surface area contributed by atoms with E-state index in [2.05, 4.69) is 15.9 Å². The van der Waals surface area contributed by atoms with Crippen molar-refractivity contribution >= 4 is 27.7 Å². The van der Waals surface area contributed by atoms with Crippen LogP contribution in [0.1, 0.15) is 56.3 Å². The van der Waals surface area contributed by atoms with Crippen molar-refractivity contribution < 1.29 is 14.0 Å². The topological polar surface area (TPSA) is 40.6 Å². The minimum atomic E-state index is -0.891. The summed E-state index contributed by atoms with van der Waals surface area (Å²) in [6.45, 7) is 3.57. The monoisotopic (exact) mass is 434 g/mol. The zero-order chi connectivity index (χ0) is 19.1. The van der Waals surface area contributed by atoms with Crippen LogP contribution < -0.4 is 0 Å². The van der Waals surface area contributed by atoms with Crippen LogP contribution in [0.2, 0.25) is 0 Å². The maximum atomic E-state index is 13.8. The second-order valence-corrected chi connectivity index (χ2v) is 10.2. The number of amides is 2. The molecule has 27 heavy (non-hydrogen) atoms. The van der Waals surface area contributed by atoms with Gasteiger partial charge in [-0.3, -0.25) is 9.59 Å². The summed E-state index contributed by atoms with van der Waals surface area (Å²) in [4.78, 5) is 26.4. The molecule has 0 radical (unpaired) electrons. The summed E-state index contributed by atoms with van der Waals surface area (Å²) < 4.78 is 14.3. The molecular formula is C21H24BrFN2O2. The summed E-state index contributed by atoms with van der Waals surface area (Å²) >= 11 is 3.37. The van der Waals surface area contributed by atoms with Gasteiger partial charge in [-0.1, -0.05) is 0 Å². The molecule has 6 heteroatoms. The van der Waals surface area contributed by atoms with Gasteiger partial charge >= 0.3 is 0 Å². The Morgan fingerprint density at radius 2 is 1.70 bits per heavy atom. The van der Waals surface area contributed by atoms with E-state index in [-0.39, 0.29) is 23.4 Å². The summed E-state index contributed by atoms with van der Waals surface area (Å²) in [5.74, 6) is 1.84. The Labute approximate surface area is 167 Å². The first-order chi connectivity index (χ1) is 12.8. The normalized spacial score (nSPS) is 36.1. The number of benzene rings is 1. The SMILES string of the molecule is CC1(C)C(=O)N(C2C3CC4CC(C3)CC2C4)N1C(=O)c1cc(F)ccc1Br. The Morgan fingerprint density at radius 3 is 2.30 bits per heavy atom. The molecule has 0 atom stereocenters. The molecule has 1 aromatic rings. The maximum absolute atomic E-state index is 13.8. The predicted octanol–water partition coefficient (Wildman–Crippen LogP) is 4.39. The number of hydrogen-bond acceptors (Lipinski definition) is 2. The third-order valence-electron chi connectivity index (χ3n) is 7.29. The molecule has 5 aliphatic rings. The van der Waals surface area contributed by atoms with Crippen molar-refractivity contribution in [3.8, 4) is 0 Å². The second-order valence-electron chi connectivity index (χ2n) is 9.37. The summed E-state index contributed by atoms with van der Waals surface area (Å²) in [5.41, 5.74) is -0.623. The lowest BCUT2D eigenvalue weighted by atomic mass is 9.53. The molecule has 4 saturated carbocycles. The Morgan fingerprint density at radius 1 is 1.11 bits per heavy atom. The van der Waals surface area contributed by atoms with E-state index in [4.69, 9.17) is 0 Å². The molecule has 1 aliphatic heterocycles. The molecule has 1 heterocycles. The van der Waals surface area contributed by atoms with Gasteiger partial charge in [-0.2, -0.15) is 0 Å². The third-order valence-corrected chi connectivity index (χ3v) is 7.98. The molecule has 1 aromatic carbocycles. The lowest BCUT2D eigenvalue weighted by Crippen LogP contribution is -2.80. The second kappa shape index (κ2) is 5.79. The Bertz CT molecular complexity index is 811. The predicted molar refractivity (Wildman–Crippen MR) is 102 cm³/mol. The fraction of sp³-hybridized carbons (Fsp3) is 0.619. The van der Waals surface area contributed by atoms with Gasteiger partial charge in [-0.25, -0.2) is 14.4 Å². The van der Waals surface area contributed by atoms with Gasteiger partial charge in [0.15, 0.2) is 0 Å². The zero-order valence-electron chi connectivity index (χ0n) is 15.6. The molecule has 2 amide bonds. The number of halogens is 2. The first kappa shape index (κ1) is 17.7. The van der Waals surface area contributed by atoms with Crippen molar-refractivity contribution in [2.75, 3.05) is 0 Å². The van der Waals surface area contributed by atoms with Crippen LogP contribution in [0.4, 0.5) is 4.39 Å². The largest absolute Gasteiger partial charge is 0.274 e. The minimum absolute atomic E-state index is 0.0147. The molecule has 0 N–H and O–H groups in total. The molecule has 6 rings (SSSR count). The highest BCUT2D eigenvalue weighted by Gasteiger charge is 2.62. The van der Waals surface area contributed by atoms with Gasteiger partial charge in [0.1, 0.15) is 11.4 Å². The van der Waals surface area contributed by atoms with Crippen molar-refractivity contribution in [3.05, 3.63) is 34.1 Å². The smallest absolute Gasteiger partial charge is 0.270 e. The lowest BCUT2D eigenvalue weighted by molar-refractivity contribution is -0.230. The molecule has 144 valence electrons. The zero-order valence-corrected chi connectivity index (χ0v) is 17.2. The average Bonchev–Trinajstić information content (AvgIpc) is 2.61.